The van der Waals surface area contributed by atoms with Gasteiger partial charge in [0.2, 0.25) is 0 Å². The van der Waals surface area contributed by atoms with Gasteiger partial charge in [-0.05, 0) is 33.1 Å². The van der Waals surface area contributed by atoms with Gasteiger partial charge < -0.3 is 16.0 Å². The van der Waals surface area contributed by atoms with Crippen LogP contribution in [-0.4, -0.2) is 35.1 Å². The lowest BCUT2D eigenvalue weighted by atomic mass is 10.0. The topological polar surface area (TPSA) is 58.4 Å². The van der Waals surface area contributed by atoms with Crippen molar-refractivity contribution in [3.63, 3.8) is 0 Å². The molecule has 0 aromatic heterocycles. The number of rotatable bonds is 1. The quantitative estimate of drug-likeness (QED) is 0.649. The first-order chi connectivity index (χ1) is 6.49. The summed E-state index contributed by atoms with van der Waals surface area (Å²) < 4.78 is 0. The second kappa shape index (κ2) is 3.12. The molecular weight excluding hydrogens is 178 g/mol. The summed E-state index contributed by atoms with van der Waals surface area (Å²) in [5, 5.41) is 3.00. The van der Waals surface area contributed by atoms with Crippen molar-refractivity contribution in [2.24, 2.45) is 5.73 Å². The Hall–Kier alpha value is -0.770. The summed E-state index contributed by atoms with van der Waals surface area (Å²) in [5.74, 6) is 0. The van der Waals surface area contributed by atoms with Crippen molar-refractivity contribution >= 4 is 6.03 Å². The lowest BCUT2D eigenvalue weighted by Gasteiger charge is -2.31. The van der Waals surface area contributed by atoms with Gasteiger partial charge in [0.15, 0.2) is 0 Å². The van der Waals surface area contributed by atoms with E-state index in [1.54, 1.807) is 0 Å². The number of carbonyl (C=O) groups excluding carboxylic acids is 1. The first-order valence-electron chi connectivity index (χ1n) is 5.33. The molecule has 1 saturated heterocycles. The molecule has 2 amide bonds. The normalized spacial score (nSPS) is 30.5. The summed E-state index contributed by atoms with van der Waals surface area (Å²) in [5.41, 5.74) is 5.78. The molecule has 2 aliphatic rings. The third kappa shape index (κ3) is 1.85. The van der Waals surface area contributed by atoms with Crippen LogP contribution in [0.3, 0.4) is 0 Å². The van der Waals surface area contributed by atoms with E-state index in [2.05, 4.69) is 19.2 Å². The minimum Gasteiger partial charge on any atom is -0.335 e. The molecule has 0 bridgehead atoms. The van der Waals surface area contributed by atoms with Crippen molar-refractivity contribution in [3.8, 4) is 0 Å². The Balaban J connectivity index is 1.97. The van der Waals surface area contributed by atoms with Crippen LogP contribution in [-0.2, 0) is 0 Å². The van der Waals surface area contributed by atoms with E-state index < -0.39 is 0 Å². The van der Waals surface area contributed by atoms with Crippen LogP contribution in [0.5, 0.6) is 0 Å². The van der Waals surface area contributed by atoms with Gasteiger partial charge in [-0.25, -0.2) is 4.79 Å². The Morgan fingerprint density at radius 2 is 2.14 bits per heavy atom. The van der Waals surface area contributed by atoms with Crippen molar-refractivity contribution in [3.05, 3.63) is 0 Å². The van der Waals surface area contributed by atoms with Gasteiger partial charge in [0.1, 0.15) is 0 Å². The maximum absolute atomic E-state index is 11.8. The van der Waals surface area contributed by atoms with E-state index in [0.717, 1.165) is 19.3 Å². The van der Waals surface area contributed by atoms with Crippen LogP contribution in [0.25, 0.3) is 0 Å². The van der Waals surface area contributed by atoms with Gasteiger partial charge in [0.05, 0.1) is 0 Å². The van der Waals surface area contributed by atoms with Crippen molar-refractivity contribution < 1.29 is 4.79 Å². The number of nitrogens with zero attached hydrogens (tertiary/aromatic N) is 1. The second-order valence-electron chi connectivity index (χ2n) is 5.11. The van der Waals surface area contributed by atoms with Crippen LogP contribution in [0.2, 0.25) is 0 Å². The molecule has 1 atom stereocenters. The zero-order valence-electron chi connectivity index (χ0n) is 8.92. The highest BCUT2D eigenvalue weighted by atomic mass is 16.2. The maximum atomic E-state index is 11.8. The zero-order chi connectivity index (χ0) is 10.3. The van der Waals surface area contributed by atoms with E-state index in [1.165, 1.54) is 0 Å². The van der Waals surface area contributed by atoms with Crippen LogP contribution < -0.4 is 11.1 Å². The highest BCUT2D eigenvalue weighted by molar-refractivity contribution is 5.76. The van der Waals surface area contributed by atoms with Crippen molar-refractivity contribution in [2.75, 3.05) is 6.54 Å². The second-order valence-corrected chi connectivity index (χ2v) is 5.11. The third-order valence-electron chi connectivity index (χ3n) is 3.06. The van der Waals surface area contributed by atoms with Crippen LogP contribution >= 0.6 is 0 Å². The van der Waals surface area contributed by atoms with Gasteiger partial charge in [-0.1, -0.05) is 0 Å². The standard InChI is InChI=1S/C10H19N3O/c1-10(2)5-7(11)6-13(10)9(14)12-8-3-4-8/h7-8H,3-6,11H2,1-2H3,(H,12,14). The summed E-state index contributed by atoms with van der Waals surface area (Å²) >= 11 is 0. The highest BCUT2D eigenvalue weighted by Crippen LogP contribution is 2.28. The first kappa shape index (κ1) is 9.77. The van der Waals surface area contributed by atoms with E-state index in [9.17, 15) is 4.79 Å². The molecule has 2 rings (SSSR count). The van der Waals surface area contributed by atoms with Gasteiger partial charge in [-0.3, -0.25) is 0 Å². The predicted molar refractivity (Wildman–Crippen MR) is 54.9 cm³/mol. The number of amides is 2. The van der Waals surface area contributed by atoms with E-state index in [0.29, 0.717) is 12.6 Å². The van der Waals surface area contributed by atoms with Crippen LogP contribution in [0.4, 0.5) is 4.79 Å². The van der Waals surface area contributed by atoms with Gasteiger partial charge >= 0.3 is 6.03 Å². The number of urea groups is 1. The van der Waals surface area contributed by atoms with Gasteiger partial charge in [-0.15, -0.1) is 0 Å². The molecule has 0 spiro atoms. The summed E-state index contributed by atoms with van der Waals surface area (Å²) in [7, 11) is 0. The Morgan fingerprint density at radius 3 is 2.57 bits per heavy atom. The van der Waals surface area contributed by atoms with Crippen LogP contribution in [0.1, 0.15) is 33.1 Å². The number of likely N-dealkylation sites (tertiary alicyclic amines) is 1. The monoisotopic (exact) mass is 197 g/mol. The number of hydrogen-bond donors (Lipinski definition) is 2. The van der Waals surface area contributed by atoms with Crippen molar-refractivity contribution in [2.45, 2.75) is 50.7 Å². The predicted octanol–water partition coefficient (Wildman–Crippen LogP) is 0.670. The SMILES string of the molecule is CC1(C)CC(N)CN1C(=O)NC1CC1. The summed E-state index contributed by atoms with van der Waals surface area (Å²) in [6.45, 7) is 4.84. The average Bonchev–Trinajstić information content (AvgIpc) is 2.77. The highest BCUT2D eigenvalue weighted by Gasteiger charge is 2.40. The Labute approximate surface area is 84.8 Å². The van der Waals surface area contributed by atoms with Gasteiger partial charge in [0.25, 0.3) is 0 Å². The van der Waals surface area contributed by atoms with Gasteiger partial charge in [0, 0.05) is 24.2 Å². The van der Waals surface area contributed by atoms with E-state index in [4.69, 9.17) is 5.73 Å². The molecule has 0 radical (unpaired) electrons. The molecule has 1 saturated carbocycles. The lowest BCUT2D eigenvalue weighted by molar-refractivity contribution is 0.165. The summed E-state index contributed by atoms with van der Waals surface area (Å²) in [4.78, 5) is 13.7. The molecule has 1 aliphatic carbocycles. The minimum atomic E-state index is -0.0849. The molecule has 14 heavy (non-hydrogen) atoms. The molecular formula is C10H19N3O. The summed E-state index contributed by atoms with van der Waals surface area (Å²) in [6, 6.07) is 0.621. The van der Waals surface area contributed by atoms with Crippen LogP contribution in [0, 0.1) is 0 Å². The Morgan fingerprint density at radius 1 is 1.50 bits per heavy atom. The molecule has 1 unspecified atom stereocenters. The number of hydrogen-bond acceptors (Lipinski definition) is 2. The fourth-order valence-corrected chi connectivity index (χ4v) is 2.14. The smallest absolute Gasteiger partial charge is 0.318 e. The Kier molecular flexibility index (Phi) is 2.18. The van der Waals surface area contributed by atoms with E-state index >= 15 is 0 Å². The minimum absolute atomic E-state index is 0.0606. The third-order valence-corrected chi connectivity index (χ3v) is 3.06. The molecule has 0 aromatic carbocycles. The molecule has 2 fully saturated rings. The molecule has 0 aromatic rings. The fourth-order valence-electron chi connectivity index (χ4n) is 2.14. The van der Waals surface area contributed by atoms with Crippen LogP contribution in [0.15, 0.2) is 0 Å². The van der Waals surface area contributed by atoms with E-state index in [-0.39, 0.29) is 17.6 Å². The summed E-state index contributed by atoms with van der Waals surface area (Å²) in [6.07, 6.45) is 3.16. The molecule has 1 heterocycles. The van der Waals surface area contributed by atoms with E-state index in [1.807, 2.05) is 4.90 Å². The average molecular weight is 197 g/mol. The van der Waals surface area contributed by atoms with Crippen molar-refractivity contribution in [1.29, 1.82) is 0 Å². The fraction of sp³-hybridized carbons (Fsp3) is 0.900. The molecule has 3 N–H and O–H groups in total. The molecule has 4 nitrogen and oxygen atoms in total. The van der Waals surface area contributed by atoms with Crippen molar-refractivity contribution in [1.82, 2.24) is 10.2 Å². The molecule has 1 aliphatic heterocycles. The molecule has 4 heteroatoms. The maximum Gasteiger partial charge on any atom is 0.318 e. The molecule has 80 valence electrons. The number of nitrogens with one attached hydrogen (secondary N) is 1. The first-order valence-corrected chi connectivity index (χ1v) is 5.33. The zero-order valence-corrected chi connectivity index (χ0v) is 8.92. The largest absolute Gasteiger partial charge is 0.335 e. The number of carbonyl (C=O) groups is 1. The van der Waals surface area contributed by atoms with Gasteiger partial charge in [-0.2, -0.15) is 0 Å². The Bertz CT molecular complexity index is 248. The lowest BCUT2D eigenvalue weighted by Crippen LogP contribution is -2.48. The number of nitrogens with two attached hydrogens (primary N) is 1.